The standard InChI is InChI=1S/C17H19N3O2/c1-12(2)22-15-9-13(11-18)17(19)16(10-15)21-8-6-14-5-3-4-7-20-14/h3-5,7,9-10,12H,6,8,19H2,1-2H3. The Kier molecular flexibility index (Phi) is 5.21. The second-order valence-electron chi connectivity index (χ2n) is 5.08. The molecule has 2 N–H and O–H groups in total. The summed E-state index contributed by atoms with van der Waals surface area (Å²) in [7, 11) is 0. The van der Waals surface area contributed by atoms with Gasteiger partial charge < -0.3 is 15.2 Å². The van der Waals surface area contributed by atoms with Crippen molar-refractivity contribution >= 4 is 5.69 Å². The third-order valence-corrected chi connectivity index (χ3v) is 2.95. The molecule has 22 heavy (non-hydrogen) atoms. The van der Waals surface area contributed by atoms with E-state index in [9.17, 15) is 0 Å². The van der Waals surface area contributed by atoms with E-state index in [1.54, 1.807) is 18.3 Å². The van der Waals surface area contributed by atoms with E-state index in [-0.39, 0.29) is 6.10 Å². The first-order valence-corrected chi connectivity index (χ1v) is 7.13. The molecule has 114 valence electrons. The number of hydrogen-bond acceptors (Lipinski definition) is 5. The average Bonchev–Trinajstić information content (AvgIpc) is 2.50. The molecule has 2 aromatic rings. The Morgan fingerprint density at radius 1 is 1.32 bits per heavy atom. The molecule has 5 heteroatoms. The number of aromatic nitrogens is 1. The lowest BCUT2D eigenvalue weighted by Crippen LogP contribution is -2.08. The summed E-state index contributed by atoms with van der Waals surface area (Å²) in [4.78, 5) is 4.23. The van der Waals surface area contributed by atoms with Gasteiger partial charge in [-0.3, -0.25) is 4.98 Å². The quantitative estimate of drug-likeness (QED) is 0.829. The minimum absolute atomic E-state index is 0.0107. The monoisotopic (exact) mass is 297 g/mol. The van der Waals surface area contributed by atoms with Crippen molar-refractivity contribution in [3.8, 4) is 17.6 Å². The topological polar surface area (TPSA) is 81.2 Å². The van der Waals surface area contributed by atoms with Crippen LogP contribution in [-0.2, 0) is 6.42 Å². The van der Waals surface area contributed by atoms with Gasteiger partial charge in [-0.1, -0.05) is 6.07 Å². The molecule has 1 aromatic heterocycles. The highest BCUT2D eigenvalue weighted by atomic mass is 16.5. The van der Waals surface area contributed by atoms with E-state index in [0.717, 1.165) is 5.69 Å². The predicted octanol–water partition coefficient (Wildman–Crippen LogP) is 2.94. The molecule has 0 bridgehead atoms. The van der Waals surface area contributed by atoms with Gasteiger partial charge in [-0.15, -0.1) is 0 Å². The normalized spacial score (nSPS) is 10.3. The minimum atomic E-state index is 0.0107. The van der Waals surface area contributed by atoms with E-state index in [2.05, 4.69) is 11.1 Å². The first-order chi connectivity index (χ1) is 10.6. The highest BCUT2D eigenvalue weighted by Gasteiger charge is 2.11. The van der Waals surface area contributed by atoms with Crippen LogP contribution in [-0.4, -0.2) is 17.7 Å². The van der Waals surface area contributed by atoms with E-state index in [0.29, 0.717) is 35.8 Å². The Hall–Kier alpha value is -2.74. The van der Waals surface area contributed by atoms with Crippen LogP contribution < -0.4 is 15.2 Å². The average molecular weight is 297 g/mol. The fourth-order valence-corrected chi connectivity index (χ4v) is 1.97. The first kappa shape index (κ1) is 15.6. The predicted molar refractivity (Wildman–Crippen MR) is 84.8 cm³/mol. The fraction of sp³-hybridized carbons (Fsp3) is 0.294. The number of pyridine rings is 1. The lowest BCUT2D eigenvalue weighted by Gasteiger charge is -2.14. The van der Waals surface area contributed by atoms with Gasteiger partial charge in [-0.2, -0.15) is 5.26 Å². The van der Waals surface area contributed by atoms with Crippen LogP contribution in [0.15, 0.2) is 36.5 Å². The summed E-state index contributed by atoms with van der Waals surface area (Å²) in [6.07, 6.45) is 2.42. The molecule has 0 saturated carbocycles. The van der Waals surface area contributed by atoms with E-state index in [4.69, 9.17) is 20.5 Å². The van der Waals surface area contributed by atoms with Crippen LogP contribution in [0.4, 0.5) is 5.69 Å². The van der Waals surface area contributed by atoms with Crippen molar-refractivity contribution in [1.82, 2.24) is 4.98 Å². The molecule has 0 radical (unpaired) electrons. The Morgan fingerprint density at radius 2 is 2.14 bits per heavy atom. The Labute approximate surface area is 130 Å². The Bertz CT molecular complexity index is 664. The fourth-order valence-electron chi connectivity index (χ4n) is 1.97. The van der Waals surface area contributed by atoms with E-state index < -0.39 is 0 Å². The van der Waals surface area contributed by atoms with Crippen molar-refractivity contribution in [3.63, 3.8) is 0 Å². The molecule has 1 heterocycles. The Morgan fingerprint density at radius 3 is 2.77 bits per heavy atom. The van der Waals surface area contributed by atoms with Crippen molar-refractivity contribution < 1.29 is 9.47 Å². The van der Waals surface area contributed by atoms with Gasteiger partial charge >= 0.3 is 0 Å². The van der Waals surface area contributed by atoms with Gasteiger partial charge in [-0.05, 0) is 26.0 Å². The summed E-state index contributed by atoms with van der Waals surface area (Å²) in [6.45, 7) is 4.27. The zero-order valence-corrected chi connectivity index (χ0v) is 12.7. The smallest absolute Gasteiger partial charge is 0.147 e. The van der Waals surface area contributed by atoms with Gasteiger partial charge in [0.05, 0.1) is 24.0 Å². The first-order valence-electron chi connectivity index (χ1n) is 7.13. The molecule has 5 nitrogen and oxygen atoms in total. The molecule has 0 atom stereocenters. The second kappa shape index (κ2) is 7.32. The lowest BCUT2D eigenvalue weighted by molar-refractivity contribution is 0.240. The maximum absolute atomic E-state index is 9.15. The highest BCUT2D eigenvalue weighted by Crippen LogP contribution is 2.31. The summed E-state index contributed by atoms with van der Waals surface area (Å²) in [5, 5.41) is 9.15. The van der Waals surface area contributed by atoms with Crippen LogP contribution in [0.2, 0.25) is 0 Å². The highest BCUT2D eigenvalue weighted by molar-refractivity contribution is 5.66. The van der Waals surface area contributed by atoms with E-state index >= 15 is 0 Å². The summed E-state index contributed by atoms with van der Waals surface area (Å²) in [5.41, 5.74) is 7.58. The number of hydrogen-bond donors (Lipinski definition) is 1. The molecule has 2 rings (SSSR count). The van der Waals surface area contributed by atoms with Crippen molar-refractivity contribution in [1.29, 1.82) is 5.26 Å². The van der Waals surface area contributed by atoms with Crippen LogP contribution in [0.1, 0.15) is 25.1 Å². The molecule has 0 aliphatic heterocycles. The largest absolute Gasteiger partial charge is 0.491 e. The maximum Gasteiger partial charge on any atom is 0.147 e. The molecule has 0 aliphatic carbocycles. The van der Waals surface area contributed by atoms with Crippen LogP contribution in [0.3, 0.4) is 0 Å². The van der Waals surface area contributed by atoms with E-state index in [1.807, 2.05) is 32.0 Å². The second-order valence-corrected chi connectivity index (χ2v) is 5.08. The number of nitrogens with zero attached hydrogens (tertiary/aromatic N) is 2. The molecular weight excluding hydrogens is 278 g/mol. The molecule has 0 aliphatic rings. The van der Waals surface area contributed by atoms with Gasteiger partial charge in [-0.25, -0.2) is 0 Å². The Balaban J connectivity index is 2.10. The summed E-state index contributed by atoms with van der Waals surface area (Å²) in [6, 6.07) is 11.1. The minimum Gasteiger partial charge on any atom is -0.491 e. The van der Waals surface area contributed by atoms with Crippen molar-refractivity contribution in [2.24, 2.45) is 0 Å². The summed E-state index contributed by atoms with van der Waals surface area (Å²) < 4.78 is 11.3. The maximum atomic E-state index is 9.15. The third kappa shape index (κ3) is 4.13. The molecular formula is C17H19N3O2. The lowest BCUT2D eigenvalue weighted by atomic mass is 10.1. The molecule has 0 spiro atoms. The molecule has 0 unspecified atom stereocenters. The third-order valence-electron chi connectivity index (χ3n) is 2.95. The number of anilines is 1. The summed E-state index contributed by atoms with van der Waals surface area (Å²) in [5.74, 6) is 1.04. The van der Waals surface area contributed by atoms with Crippen molar-refractivity contribution in [2.75, 3.05) is 12.3 Å². The van der Waals surface area contributed by atoms with Crippen molar-refractivity contribution in [2.45, 2.75) is 26.4 Å². The van der Waals surface area contributed by atoms with Gasteiger partial charge in [0, 0.05) is 30.4 Å². The van der Waals surface area contributed by atoms with Crippen LogP contribution in [0.25, 0.3) is 0 Å². The number of rotatable bonds is 6. The number of nitrogens with two attached hydrogens (primary N) is 1. The van der Waals surface area contributed by atoms with Crippen molar-refractivity contribution in [3.05, 3.63) is 47.8 Å². The van der Waals surface area contributed by atoms with Crippen LogP contribution in [0.5, 0.6) is 11.5 Å². The molecule has 1 aromatic carbocycles. The van der Waals surface area contributed by atoms with Gasteiger partial charge in [0.15, 0.2) is 0 Å². The number of nitriles is 1. The van der Waals surface area contributed by atoms with Gasteiger partial charge in [0.25, 0.3) is 0 Å². The van der Waals surface area contributed by atoms with E-state index in [1.165, 1.54) is 0 Å². The molecule has 0 saturated heterocycles. The summed E-state index contributed by atoms with van der Waals surface area (Å²) >= 11 is 0. The number of ether oxygens (including phenoxy) is 2. The zero-order chi connectivity index (χ0) is 15.9. The molecule has 0 amide bonds. The molecule has 0 fully saturated rings. The van der Waals surface area contributed by atoms with Crippen LogP contribution in [0, 0.1) is 11.3 Å². The van der Waals surface area contributed by atoms with Gasteiger partial charge in [0.1, 0.15) is 17.6 Å². The number of benzene rings is 1. The zero-order valence-electron chi connectivity index (χ0n) is 12.7. The van der Waals surface area contributed by atoms with Crippen LogP contribution >= 0.6 is 0 Å². The number of nitrogen functional groups attached to an aromatic ring is 1. The van der Waals surface area contributed by atoms with Gasteiger partial charge in [0.2, 0.25) is 0 Å². The SMILES string of the molecule is CC(C)Oc1cc(C#N)c(N)c(OCCc2ccccn2)c1.